The quantitative estimate of drug-likeness (QED) is 0.458. The van der Waals surface area contributed by atoms with Crippen LogP contribution in [0.3, 0.4) is 0 Å². The monoisotopic (exact) mass is 437 g/mol. The van der Waals surface area contributed by atoms with Gasteiger partial charge in [0.2, 0.25) is 0 Å². The van der Waals surface area contributed by atoms with Crippen molar-refractivity contribution in [1.29, 1.82) is 0 Å². The molecule has 2 heterocycles. The minimum Gasteiger partial charge on any atom is -0.496 e. The van der Waals surface area contributed by atoms with Gasteiger partial charge in [-0.15, -0.1) is 0 Å². The van der Waals surface area contributed by atoms with Gasteiger partial charge in [-0.2, -0.15) is 0 Å². The van der Waals surface area contributed by atoms with Crippen molar-refractivity contribution in [2.75, 3.05) is 12.0 Å². The number of ether oxygens (including phenoxy) is 1. The zero-order chi connectivity index (χ0) is 21.4. The average molecular weight is 438 g/mol. The van der Waals surface area contributed by atoms with E-state index in [1.807, 2.05) is 54.6 Å². The lowest BCUT2D eigenvalue weighted by molar-refractivity contribution is -0.113. The smallest absolute Gasteiger partial charge is 0.296 e. The molecule has 0 atom stereocenters. The third-order valence-corrected chi connectivity index (χ3v) is 6.27. The van der Waals surface area contributed by atoms with Crippen LogP contribution in [-0.4, -0.2) is 26.7 Å². The Labute approximate surface area is 183 Å². The Morgan fingerprint density at radius 1 is 1.03 bits per heavy atom. The van der Waals surface area contributed by atoms with Crippen molar-refractivity contribution in [1.82, 2.24) is 9.36 Å². The van der Waals surface area contributed by atoms with Gasteiger partial charge in [0, 0.05) is 12.6 Å². The fourth-order valence-corrected chi connectivity index (χ4v) is 4.66. The summed E-state index contributed by atoms with van der Waals surface area (Å²) in [6.45, 7) is 1.80. The molecule has 152 valence electrons. The zero-order valence-electron chi connectivity index (χ0n) is 16.7. The summed E-state index contributed by atoms with van der Waals surface area (Å²) in [6, 6.07) is 16.7. The summed E-state index contributed by atoms with van der Waals surface area (Å²) < 4.78 is 8.96. The Morgan fingerprint density at radius 2 is 1.70 bits per heavy atom. The predicted molar refractivity (Wildman–Crippen MR) is 124 cm³/mol. The standard InChI is InChI=1S/C22H19N3O3S2/c1-14-19(21(27)25(23(14)2)16-10-5-4-6-11-16)24-20(26)18(30-22(24)29)13-15-9-7-8-12-17(15)28-3/h4-13H,1-3H3/b18-13-. The highest BCUT2D eigenvalue weighted by Crippen LogP contribution is 2.37. The predicted octanol–water partition coefficient (Wildman–Crippen LogP) is 3.90. The van der Waals surface area contributed by atoms with E-state index in [0.29, 0.717) is 26.4 Å². The minimum absolute atomic E-state index is 0.271. The molecule has 0 radical (unpaired) electrons. The van der Waals surface area contributed by atoms with Gasteiger partial charge < -0.3 is 4.74 Å². The van der Waals surface area contributed by atoms with Gasteiger partial charge in [-0.05, 0) is 31.2 Å². The zero-order valence-corrected chi connectivity index (χ0v) is 18.3. The molecule has 1 fully saturated rings. The molecule has 0 bridgehead atoms. The van der Waals surface area contributed by atoms with Gasteiger partial charge in [-0.1, -0.05) is 60.4 Å². The van der Waals surface area contributed by atoms with Crippen molar-refractivity contribution in [3.63, 3.8) is 0 Å². The maximum absolute atomic E-state index is 13.3. The number of amides is 1. The summed E-state index contributed by atoms with van der Waals surface area (Å²) in [5.74, 6) is 0.340. The average Bonchev–Trinajstić information content (AvgIpc) is 3.14. The number of hydrogen-bond donors (Lipinski definition) is 0. The van der Waals surface area contributed by atoms with Gasteiger partial charge in [-0.25, -0.2) is 4.68 Å². The largest absolute Gasteiger partial charge is 0.496 e. The third kappa shape index (κ3) is 3.28. The van der Waals surface area contributed by atoms with E-state index in [4.69, 9.17) is 17.0 Å². The first kappa shape index (κ1) is 20.2. The Kier molecular flexibility index (Phi) is 5.36. The van der Waals surface area contributed by atoms with Crippen molar-refractivity contribution in [3.8, 4) is 11.4 Å². The first-order valence-electron chi connectivity index (χ1n) is 9.19. The molecule has 8 heteroatoms. The second-order valence-corrected chi connectivity index (χ2v) is 8.34. The molecule has 0 spiro atoms. The van der Waals surface area contributed by atoms with Gasteiger partial charge in [0.25, 0.3) is 11.5 Å². The number of benzene rings is 2. The van der Waals surface area contributed by atoms with E-state index in [1.165, 1.54) is 21.3 Å². The fraction of sp³-hybridized carbons (Fsp3) is 0.136. The highest BCUT2D eigenvalue weighted by atomic mass is 32.2. The lowest BCUT2D eigenvalue weighted by Gasteiger charge is -2.12. The molecule has 0 saturated carbocycles. The molecular formula is C22H19N3O3S2. The summed E-state index contributed by atoms with van der Waals surface area (Å²) in [7, 11) is 3.37. The number of nitrogens with zero attached hydrogens (tertiary/aromatic N) is 3. The SMILES string of the molecule is COc1ccccc1/C=C1\SC(=S)N(c2c(C)n(C)n(-c3ccccc3)c2=O)C1=O. The number of thioether (sulfide) groups is 1. The summed E-state index contributed by atoms with van der Waals surface area (Å²) in [6.07, 6.45) is 1.74. The van der Waals surface area contributed by atoms with Crippen molar-refractivity contribution < 1.29 is 9.53 Å². The maximum atomic E-state index is 13.3. The Morgan fingerprint density at radius 3 is 2.40 bits per heavy atom. The van der Waals surface area contributed by atoms with Crippen LogP contribution in [0.25, 0.3) is 11.8 Å². The molecule has 3 aromatic rings. The van der Waals surface area contributed by atoms with Crippen LogP contribution >= 0.6 is 24.0 Å². The van der Waals surface area contributed by atoms with Crippen molar-refractivity contribution >= 4 is 46.0 Å². The van der Waals surface area contributed by atoms with Gasteiger partial charge in [0.05, 0.1) is 23.4 Å². The van der Waals surface area contributed by atoms with Gasteiger partial charge in [-0.3, -0.25) is 19.2 Å². The van der Waals surface area contributed by atoms with Crippen LogP contribution in [0, 0.1) is 6.92 Å². The number of carbonyl (C=O) groups excluding carboxylic acids is 1. The van der Waals surface area contributed by atoms with Crippen LogP contribution in [0.5, 0.6) is 5.75 Å². The molecule has 6 nitrogen and oxygen atoms in total. The molecule has 2 aromatic carbocycles. The lowest BCUT2D eigenvalue weighted by atomic mass is 10.2. The van der Waals surface area contributed by atoms with E-state index in [1.54, 1.807) is 31.8 Å². The number of carbonyl (C=O) groups is 1. The Balaban J connectivity index is 1.79. The van der Waals surface area contributed by atoms with Crippen molar-refractivity contribution in [3.05, 3.63) is 81.1 Å². The molecule has 1 aliphatic rings. The molecule has 0 aliphatic carbocycles. The molecule has 0 unspecified atom stereocenters. The van der Waals surface area contributed by atoms with E-state index < -0.39 is 0 Å². The van der Waals surface area contributed by atoms with Crippen molar-refractivity contribution in [2.24, 2.45) is 7.05 Å². The summed E-state index contributed by atoms with van der Waals surface area (Å²) in [4.78, 5) is 28.3. The molecule has 1 aromatic heterocycles. The number of thiocarbonyl (C=S) groups is 1. The first-order chi connectivity index (χ1) is 14.4. The van der Waals surface area contributed by atoms with Crippen LogP contribution in [0.1, 0.15) is 11.3 Å². The normalized spacial score (nSPS) is 15.3. The maximum Gasteiger partial charge on any atom is 0.296 e. The van der Waals surface area contributed by atoms with E-state index in [0.717, 1.165) is 5.56 Å². The highest BCUT2D eigenvalue weighted by Gasteiger charge is 2.37. The van der Waals surface area contributed by atoms with Crippen LogP contribution in [0.2, 0.25) is 0 Å². The minimum atomic E-state index is -0.318. The van der Waals surface area contributed by atoms with Gasteiger partial charge in [0.15, 0.2) is 4.32 Å². The van der Waals surface area contributed by atoms with E-state index in [2.05, 4.69) is 0 Å². The number of hydrogen-bond acceptors (Lipinski definition) is 5. The van der Waals surface area contributed by atoms with E-state index in [9.17, 15) is 9.59 Å². The van der Waals surface area contributed by atoms with Crippen LogP contribution in [0.15, 0.2) is 64.3 Å². The van der Waals surface area contributed by atoms with Crippen molar-refractivity contribution in [2.45, 2.75) is 6.92 Å². The lowest BCUT2D eigenvalue weighted by Crippen LogP contribution is -2.33. The third-order valence-electron chi connectivity index (χ3n) is 4.97. The molecule has 1 saturated heterocycles. The molecule has 4 rings (SSSR count). The fourth-order valence-electron chi connectivity index (χ4n) is 3.40. The molecule has 30 heavy (non-hydrogen) atoms. The molecule has 1 amide bonds. The van der Waals surface area contributed by atoms with Gasteiger partial charge >= 0.3 is 0 Å². The van der Waals surface area contributed by atoms with Gasteiger partial charge in [0.1, 0.15) is 11.4 Å². The number of rotatable bonds is 4. The molecular weight excluding hydrogens is 418 g/mol. The number of aromatic nitrogens is 2. The number of anilines is 1. The van der Waals surface area contributed by atoms with Crippen LogP contribution in [0.4, 0.5) is 5.69 Å². The van der Waals surface area contributed by atoms with E-state index >= 15 is 0 Å². The second kappa shape index (κ2) is 7.97. The summed E-state index contributed by atoms with van der Waals surface area (Å²) in [5.41, 5.74) is 2.11. The molecule has 0 N–H and O–H groups in total. The number of para-hydroxylation sites is 2. The summed E-state index contributed by atoms with van der Waals surface area (Å²) in [5, 5.41) is 0. The first-order valence-corrected chi connectivity index (χ1v) is 10.4. The van der Waals surface area contributed by atoms with Crippen LogP contribution in [-0.2, 0) is 11.8 Å². The topological polar surface area (TPSA) is 56.5 Å². The Bertz CT molecular complexity index is 1240. The summed E-state index contributed by atoms with van der Waals surface area (Å²) >= 11 is 6.66. The second-order valence-electron chi connectivity index (χ2n) is 6.67. The molecule has 1 aliphatic heterocycles. The highest BCUT2D eigenvalue weighted by molar-refractivity contribution is 8.27. The number of methoxy groups -OCH3 is 1. The van der Waals surface area contributed by atoms with Crippen LogP contribution < -0.4 is 15.2 Å². The Hall–Kier alpha value is -3.10. The van der Waals surface area contributed by atoms with E-state index in [-0.39, 0.29) is 17.2 Å².